The summed E-state index contributed by atoms with van der Waals surface area (Å²) in [5, 5.41) is 2.10. The maximum atomic E-state index is 6.09. The topological polar surface area (TPSA) is 9.23 Å². The quantitative estimate of drug-likeness (QED) is 0.610. The number of fused-ring (bicyclic) bond motifs is 1. The van der Waals surface area contributed by atoms with E-state index in [4.69, 9.17) is 16.3 Å². The minimum absolute atomic E-state index is 0.218. The van der Waals surface area contributed by atoms with Crippen LogP contribution in [-0.2, 0) is 5.88 Å². The summed E-state index contributed by atoms with van der Waals surface area (Å²) in [6.45, 7) is 0. The van der Waals surface area contributed by atoms with Gasteiger partial charge in [-0.3, -0.25) is 0 Å². The summed E-state index contributed by atoms with van der Waals surface area (Å²) in [6, 6.07) is 10.3. The van der Waals surface area contributed by atoms with E-state index < -0.39 is 0 Å². The number of hydrogen-bond acceptors (Lipinski definition) is 1. The van der Waals surface area contributed by atoms with Crippen molar-refractivity contribution in [2.24, 2.45) is 0 Å². The maximum absolute atomic E-state index is 6.09. The summed E-state index contributed by atoms with van der Waals surface area (Å²) in [5.41, 5.74) is 1.05. The first-order valence-electron chi connectivity index (χ1n) is 5.87. The van der Waals surface area contributed by atoms with E-state index in [2.05, 4.69) is 34.1 Å². The summed E-state index contributed by atoms with van der Waals surface area (Å²) in [7, 11) is 6.12. The number of rotatable bonds is 3. The Labute approximate surface area is 124 Å². The van der Waals surface area contributed by atoms with Gasteiger partial charge < -0.3 is 4.74 Å². The second-order valence-corrected chi connectivity index (χ2v) is 6.44. The van der Waals surface area contributed by atoms with Gasteiger partial charge in [0.2, 0.25) is 0 Å². The predicted octanol–water partition coefficient (Wildman–Crippen LogP) is 1.23. The number of hydrogen-bond donors (Lipinski definition) is 0. The van der Waals surface area contributed by atoms with E-state index >= 15 is 0 Å². The van der Waals surface area contributed by atoms with Crippen LogP contribution in [0.3, 0.4) is 0 Å². The van der Waals surface area contributed by atoms with Crippen molar-refractivity contribution in [3.8, 4) is 5.75 Å². The number of alkyl halides is 1. The SMILES string of the molecule is BC(B)(B)Oc1ccc2cc(Br)ccc2c1CCl. The van der Waals surface area contributed by atoms with Crippen molar-refractivity contribution in [2.75, 3.05) is 0 Å². The van der Waals surface area contributed by atoms with Gasteiger partial charge >= 0.3 is 0 Å². The summed E-state index contributed by atoms with van der Waals surface area (Å²) >= 11 is 9.57. The molecule has 0 saturated carbocycles. The van der Waals surface area contributed by atoms with Crippen LogP contribution in [0, 0.1) is 0 Å². The fourth-order valence-corrected chi connectivity index (χ4v) is 2.56. The molecule has 0 aliphatic rings. The van der Waals surface area contributed by atoms with E-state index in [-0.39, 0.29) is 5.30 Å². The van der Waals surface area contributed by atoms with E-state index in [9.17, 15) is 0 Å². The van der Waals surface area contributed by atoms with Gasteiger partial charge in [0.05, 0.1) is 5.88 Å². The molecule has 0 unspecified atom stereocenters. The Bertz CT molecular complexity index is 583. The van der Waals surface area contributed by atoms with Crippen LogP contribution in [0.1, 0.15) is 5.56 Å². The zero-order valence-electron chi connectivity index (χ0n) is 10.8. The molecule has 0 heterocycles. The molecule has 0 saturated heterocycles. The summed E-state index contributed by atoms with van der Waals surface area (Å²) in [6.07, 6.45) is 0. The Morgan fingerprint density at radius 3 is 2.50 bits per heavy atom. The Morgan fingerprint density at radius 2 is 1.89 bits per heavy atom. The molecule has 0 spiro atoms. The molecule has 0 atom stereocenters. The lowest BCUT2D eigenvalue weighted by Crippen LogP contribution is -2.37. The van der Waals surface area contributed by atoms with Gasteiger partial charge in [0, 0.05) is 15.3 Å². The molecular weight excluding hydrogens is 308 g/mol. The molecule has 90 valence electrons. The number of benzene rings is 2. The van der Waals surface area contributed by atoms with Crippen LogP contribution in [0.15, 0.2) is 34.8 Å². The minimum atomic E-state index is -0.218. The minimum Gasteiger partial charge on any atom is -0.513 e. The third-order valence-electron chi connectivity index (χ3n) is 2.60. The molecule has 2 rings (SSSR count). The molecular formula is C12H13B3BrClO. The van der Waals surface area contributed by atoms with Gasteiger partial charge in [0.25, 0.3) is 0 Å². The van der Waals surface area contributed by atoms with Crippen LogP contribution in [0.5, 0.6) is 5.75 Å². The zero-order chi connectivity index (χ0) is 13.3. The Balaban J connectivity index is 2.59. The van der Waals surface area contributed by atoms with Crippen molar-refractivity contribution < 1.29 is 4.74 Å². The Hall–Kier alpha value is -0.535. The Kier molecular flexibility index (Phi) is 4.03. The van der Waals surface area contributed by atoms with Gasteiger partial charge in [-0.15, -0.1) is 11.6 Å². The highest BCUT2D eigenvalue weighted by atomic mass is 79.9. The van der Waals surface area contributed by atoms with Crippen molar-refractivity contribution in [2.45, 2.75) is 11.2 Å². The zero-order valence-corrected chi connectivity index (χ0v) is 13.1. The standard InChI is InChI=1S/C12H13B3BrClO/c13-12(14,15)18-11-4-1-7-5-8(16)2-3-9(7)10(11)6-17/h1-5H,6,13-15H2. The van der Waals surface area contributed by atoms with Gasteiger partial charge in [-0.1, -0.05) is 28.1 Å². The molecule has 0 aliphatic carbocycles. The van der Waals surface area contributed by atoms with Crippen LogP contribution < -0.4 is 4.74 Å². The lowest BCUT2D eigenvalue weighted by molar-refractivity contribution is 0.316. The first-order valence-corrected chi connectivity index (χ1v) is 7.19. The van der Waals surface area contributed by atoms with Gasteiger partial charge in [0.15, 0.2) is 0 Å². The van der Waals surface area contributed by atoms with E-state index in [0.717, 1.165) is 21.2 Å². The molecule has 2 aromatic rings. The Morgan fingerprint density at radius 1 is 1.17 bits per heavy atom. The van der Waals surface area contributed by atoms with Gasteiger partial charge in [-0.25, -0.2) is 0 Å². The first kappa shape index (κ1) is 13.9. The highest BCUT2D eigenvalue weighted by Gasteiger charge is 2.16. The lowest BCUT2D eigenvalue weighted by Gasteiger charge is -2.24. The largest absolute Gasteiger partial charge is 0.513 e. The van der Waals surface area contributed by atoms with E-state index in [1.54, 1.807) is 0 Å². The smallest absolute Gasteiger partial charge is 0.135 e. The van der Waals surface area contributed by atoms with E-state index in [1.165, 1.54) is 5.39 Å². The van der Waals surface area contributed by atoms with Crippen molar-refractivity contribution in [3.05, 3.63) is 40.4 Å². The van der Waals surface area contributed by atoms with Crippen LogP contribution in [-0.4, -0.2) is 28.8 Å². The number of halogens is 2. The summed E-state index contributed by atoms with van der Waals surface area (Å²) < 4.78 is 7.04. The van der Waals surface area contributed by atoms with Crippen molar-refractivity contribution in [1.29, 1.82) is 0 Å². The molecule has 0 amide bonds. The van der Waals surface area contributed by atoms with E-state index in [1.807, 2.05) is 35.7 Å². The van der Waals surface area contributed by atoms with Gasteiger partial charge in [-0.05, 0) is 29.0 Å². The second kappa shape index (κ2) is 5.22. The van der Waals surface area contributed by atoms with Crippen LogP contribution >= 0.6 is 27.5 Å². The van der Waals surface area contributed by atoms with Crippen LogP contribution in [0.4, 0.5) is 0 Å². The third-order valence-corrected chi connectivity index (χ3v) is 3.36. The fourth-order valence-electron chi connectivity index (χ4n) is 1.91. The molecule has 2 aromatic carbocycles. The predicted molar refractivity (Wildman–Crippen MR) is 90.2 cm³/mol. The lowest BCUT2D eigenvalue weighted by atomic mass is 9.52. The second-order valence-electron chi connectivity index (χ2n) is 5.26. The number of ether oxygens (including phenoxy) is 1. The third kappa shape index (κ3) is 3.07. The summed E-state index contributed by atoms with van der Waals surface area (Å²) in [5.74, 6) is 1.32. The van der Waals surface area contributed by atoms with Crippen LogP contribution in [0.25, 0.3) is 10.8 Å². The molecule has 0 N–H and O–H groups in total. The monoisotopic (exact) mass is 320 g/mol. The van der Waals surface area contributed by atoms with Crippen molar-refractivity contribution >= 4 is 61.8 Å². The average Bonchev–Trinajstić information content (AvgIpc) is 2.27. The molecule has 0 radical (unpaired) electrons. The average molecular weight is 321 g/mol. The normalized spacial score (nSPS) is 11.7. The fraction of sp³-hybridized carbons (Fsp3) is 0.167. The molecule has 0 aliphatic heterocycles. The van der Waals surface area contributed by atoms with Crippen molar-refractivity contribution in [1.82, 2.24) is 0 Å². The molecule has 18 heavy (non-hydrogen) atoms. The molecule has 0 aromatic heterocycles. The van der Waals surface area contributed by atoms with Gasteiger partial charge in [0.1, 0.15) is 29.3 Å². The van der Waals surface area contributed by atoms with Gasteiger partial charge in [-0.2, -0.15) is 0 Å². The highest BCUT2D eigenvalue weighted by Crippen LogP contribution is 2.32. The van der Waals surface area contributed by atoms with Crippen molar-refractivity contribution in [3.63, 3.8) is 0 Å². The first-order chi connectivity index (χ1) is 8.40. The highest BCUT2D eigenvalue weighted by molar-refractivity contribution is 9.10. The molecule has 0 fully saturated rings. The maximum Gasteiger partial charge on any atom is 0.135 e. The van der Waals surface area contributed by atoms with E-state index in [0.29, 0.717) is 5.88 Å². The molecule has 6 heteroatoms. The molecule has 1 nitrogen and oxygen atoms in total. The molecule has 0 bridgehead atoms. The van der Waals surface area contributed by atoms with Crippen LogP contribution in [0.2, 0.25) is 0 Å². The summed E-state index contributed by atoms with van der Waals surface area (Å²) in [4.78, 5) is 0.